The van der Waals surface area contributed by atoms with Crippen molar-refractivity contribution < 1.29 is 4.74 Å². The second kappa shape index (κ2) is 7.95. The van der Waals surface area contributed by atoms with Gasteiger partial charge in [0.2, 0.25) is 0 Å². The quantitative estimate of drug-likeness (QED) is 0.770. The third-order valence-corrected chi connectivity index (χ3v) is 4.23. The molecule has 0 radical (unpaired) electrons. The van der Waals surface area contributed by atoms with Gasteiger partial charge in [-0.05, 0) is 30.2 Å². The van der Waals surface area contributed by atoms with Gasteiger partial charge in [0.15, 0.2) is 0 Å². The smallest absolute Gasteiger partial charge is 0.0994 e. The number of ether oxygens (including phenoxy) is 1. The van der Waals surface area contributed by atoms with Crippen molar-refractivity contribution in [3.63, 3.8) is 0 Å². The SMILES string of the molecule is CCC(N)C(OCc1cccc(Br)c1)c1ccccc1Cl. The van der Waals surface area contributed by atoms with Crippen LogP contribution in [0, 0.1) is 0 Å². The first-order valence-corrected chi connectivity index (χ1v) is 8.15. The van der Waals surface area contributed by atoms with Crippen LogP contribution in [0.2, 0.25) is 5.02 Å². The summed E-state index contributed by atoms with van der Waals surface area (Å²) in [6.45, 7) is 2.56. The molecule has 0 amide bonds. The molecule has 2 N–H and O–H groups in total. The van der Waals surface area contributed by atoms with Crippen LogP contribution in [0.5, 0.6) is 0 Å². The molecule has 0 aliphatic heterocycles. The molecule has 0 aromatic heterocycles. The Morgan fingerprint density at radius 2 is 1.95 bits per heavy atom. The van der Waals surface area contributed by atoms with Crippen molar-refractivity contribution in [1.82, 2.24) is 0 Å². The maximum Gasteiger partial charge on any atom is 0.0994 e. The van der Waals surface area contributed by atoms with E-state index in [0.717, 1.165) is 22.0 Å². The van der Waals surface area contributed by atoms with Gasteiger partial charge in [0.1, 0.15) is 0 Å². The summed E-state index contributed by atoms with van der Waals surface area (Å²) >= 11 is 9.75. The van der Waals surface area contributed by atoms with Crippen LogP contribution in [0.15, 0.2) is 53.0 Å². The molecule has 0 bridgehead atoms. The first-order valence-electron chi connectivity index (χ1n) is 6.98. The molecule has 21 heavy (non-hydrogen) atoms. The van der Waals surface area contributed by atoms with Crippen LogP contribution in [-0.4, -0.2) is 6.04 Å². The van der Waals surface area contributed by atoms with Gasteiger partial charge in [-0.15, -0.1) is 0 Å². The zero-order chi connectivity index (χ0) is 15.2. The summed E-state index contributed by atoms with van der Waals surface area (Å²) < 4.78 is 7.11. The second-order valence-corrected chi connectivity index (χ2v) is 6.28. The Balaban J connectivity index is 2.16. The number of rotatable bonds is 6. The first-order chi connectivity index (χ1) is 10.1. The van der Waals surface area contributed by atoms with Gasteiger partial charge in [0, 0.05) is 21.1 Å². The summed E-state index contributed by atoms with van der Waals surface area (Å²) in [5, 5.41) is 0.695. The average Bonchev–Trinajstić information content (AvgIpc) is 2.49. The van der Waals surface area contributed by atoms with Crippen molar-refractivity contribution in [2.24, 2.45) is 5.73 Å². The molecule has 0 aliphatic carbocycles. The van der Waals surface area contributed by atoms with Gasteiger partial charge in [-0.3, -0.25) is 0 Å². The van der Waals surface area contributed by atoms with E-state index >= 15 is 0 Å². The minimum atomic E-state index is -0.206. The normalized spacial score (nSPS) is 13.9. The van der Waals surface area contributed by atoms with Gasteiger partial charge in [-0.2, -0.15) is 0 Å². The Morgan fingerprint density at radius 1 is 1.19 bits per heavy atom. The topological polar surface area (TPSA) is 35.2 Å². The predicted octanol–water partition coefficient (Wildman–Crippen LogP) is 5.10. The molecule has 2 atom stereocenters. The maximum atomic E-state index is 6.28. The van der Waals surface area contributed by atoms with Gasteiger partial charge in [0.05, 0.1) is 12.7 Å². The number of hydrogen-bond acceptors (Lipinski definition) is 2. The number of halogens is 2. The van der Waals surface area contributed by atoms with E-state index in [4.69, 9.17) is 22.1 Å². The molecular formula is C17H19BrClNO. The molecule has 0 saturated carbocycles. The van der Waals surface area contributed by atoms with Crippen molar-refractivity contribution in [1.29, 1.82) is 0 Å². The Hall–Kier alpha value is -0.870. The zero-order valence-electron chi connectivity index (χ0n) is 11.9. The highest BCUT2D eigenvalue weighted by Gasteiger charge is 2.21. The maximum absolute atomic E-state index is 6.28. The molecule has 0 aliphatic rings. The Morgan fingerprint density at radius 3 is 2.62 bits per heavy atom. The lowest BCUT2D eigenvalue weighted by molar-refractivity contribution is 0.0213. The van der Waals surface area contributed by atoms with E-state index < -0.39 is 0 Å². The largest absolute Gasteiger partial charge is 0.367 e. The van der Waals surface area contributed by atoms with Crippen molar-refractivity contribution in [3.8, 4) is 0 Å². The summed E-state index contributed by atoms with van der Waals surface area (Å²) in [5.41, 5.74) is 8.27. The van der Waals surface area contributed by atoms with Crippen LogP contribution in [0.3, 0.4) is 0 Å². The third kappa shape index (κ3) is 4.55. The van der Waals surface area contributed by atoms with Gasteiger partial charge >= 0.3 is 0 Å². The third-order valence-electron chi connectivity index (χ3n) is 3.39. The minimum Gasteiger partial charge on any atom is -0.367 e. The molecule has 2 nitrogen and oxygen atoms in total. The molecular weight excluding hydrogens is 350 g/mol. The van der Waals surface area contributed by atoms with Gasteiger partial charge in [-0.1, -0.05) is 64.8 Å². The second-order valence-electron chi connectivity index (χ2n) is 4.96. The molecule has 4 heteroatoms. The lowest BCUT2D eigenvalue weighted by Crippen LogP contribution is -2.29. The molecule has 2 rings (SSSR count). The van der Waals surface area contributed by atoms with Crippen molar-refractivity contribution in [3.05, 3.63) is 69.2 Å². The fourth-order valence-electron chi connectivity index (χ4n) is 2.18. The fourth-order valence-corrected chi connectivity index (χ4v) is 2.87. The standard InChI is InChI=1S/C17H19BrClNO/c1-2-16(20)17(14-8-3-4-9-15(14)19)21-11-12-6-5-7-13(18)10-12/h3-10,16-17H,2,11,20H2,1H3. The van der Waals surface area contributed by atoms with Gasteiger partial charge < -0.3 is 10.5 Å². The molecule has 0 heterocycles. The van der Waals surface area contributed by atoms with E-state index in [1.165, 1.54) is 0 Å². The molecule has 112 valence electrons. The summed E-state index contributed by atoms with van der Waals surface area (Å²) in [6, 6.07) is 15.7. The van der Waals surface area contributed by atoms with Gasteiger partial charge in [-0.25, -0.2) is 0 Å². The minimum absolute atomic E-state index is 0.0861. The van der Waals surface area contributed by atoms with Crippen LogP contribution in [-0.2, 0) is 11.3 Å². The highest BCUT2D eigenvalue weighted by atomic mass is 79.9. The molecule has 0 saturated heterocycles. The first kappa shape index (κ1) is 16.5. The van der Waals surface area contributed by atoms with Crippen molar-refractivity contribution >= 4 is 27.5 Å². The van der Waals surface area contributed by atoms with E-state index in [2.05, 4.69) is 22.9 Å². The Kier molecular flexibility index (Phi) is 6.24. The monoisotopic (exact) mass is 367 g/mol. The lowest BCUT2D eigenvalue weighted by atomic mass is 10.0. The van der Waals surface area contributed by atoms with E-state index in [1.54, 1.807) is 0 Å². The van der Waals surface area contributed by atoms with E-state index in [-0.39, 0.29) is 12.1 Å². The Bertz CT molecular complexity index is 591. The van der Waals surface area contributed by atoms with Crippen LogP contribution >= 0.6 is 27.5 Å². The van der Waals surface area contributed by atoms with E-state index in [9.17, 15) is 0 Å². The molecule has 2 unspecified atom stereocenters. The summed E-state index contributed by atoms with van der Waals surface area (Å²) in [5.74, 6) is 0. The molecule has 0 fully saturated rings. The van der Waals surface area contributed by atoms with Crippen LogP contribution in [0.4, 0.5) is 0 Å². The molecule has 2 aromatic rings. The number of hydrogen-bond donors (Lipinski definition) is 1. The lowest BCUT2D eigenvalue weighted by Gasteiger charge is -2.25. The number of nitrogens with two attached hydrogens (primary N) is 1. The summed E-state index contributed by atoms with van der Waals surface area (Å²) in [6.07, 6.45) is 0.622. The fraction of sp³-hybridized carbons (Fsp3) is 0.294. The highest BCUT2D eigenvalue weighted by Crippen LogP contribution is 2.29. The molecule has 2 aromatic carbocycles. The average molecular weight is 369 g/mol. The van der Waals surface area contributed by atoms with Crippen molar-refractivity contribution in [2.75, 3.05) is 0 Å². The van der Waals surface area contributed by atoms with Crippen LogP contribution in [0.25, 0.3) is 0 Å². The zero-order valence-corrected chi connectivity index (χ0v) is 14.3. The molecule has 0 spiro atoms. The number of benzene rings is 2. The van der Waals surface area contributed by atoms with E-state index in [1.807, 2.05) is 48.5 Å². The summed E-state index contributed by atoms with van der Waals surface area (Å²) in [4.78, 5) is 0. The highest BCUT2D eigenvalue weighted by molar-refractivity contribution is 9.10. The van der Waals surface area contributed by atoms with Crippen LogP contribution in [0.1, 0.15) is 30.6 Å². The van der Waals surface area contributed by atoms with E-state index in [0.29, 0.717) is 11.6 Å². The Labute approximate surface area is 139 Å². The van der Waals surface area contributed by atoms with Crippen molar-refractivity contribution in [2.45, 2.75) is 32.1 Å². The predicted molar refractivity (Wildman–Crippen MR) is 91.4 cm³/mol. The summed E-state index contributed by atoms with van der Waals surface area (Å²) in [7, 11) is 0. The van der Waals surface area contributed by atoms with Crippen LogP contribution < -0.4 is 5.73 Å². The van der Waals surface area contributed by atoms with Gasteiger partial charge in [0.25, 0.3) is 0 Å².